The van der Waals surface area contributed by atoms with E-state index in [0.29, 0.717) is 6.04 Å². The number of hydrogen-bond donors (Lipinski definition) is 1. The molecule has 1 aliphatic rings. The summed E-state index contributed by atoms with van der Waals surface area (Å²) in [5, 5.41) is 3.38. The molecule has 5 nitrogen and oxygen atoms in total. The molecule has 0 bridgehead atoms. The Labute approximate surface area is 139 Å². The van der Waals surface area contributed by atoms with Gasteiger partial charge in [0.05, 0.1) is 5.69 Å². The number of aromatic nitrogens is 1. The average Bonchev–Trinajstić information content (AvgIpc) is 3.27. The zero-order chi connectivity index (χ0) is 16.9. The molecule has 1 aromatic rings. The van der Waals surface area contributed by atoms with Crippen molar-refractivity contribution in [3.05, 3.63) is 29.6 Å². The zero-order valence-electron chi connectivity index (χ0n) is 14.8. The number of amides is 1. The molecule has 5 heteroatoms. The highest BCUT2D eigenvalue weighted by atomic mass is 16.6. The number of hydrogen-bond acceptors (Lipinski definition) is 4. The quantitative estimate of drug-likeness (QED) is 0.784. The van der Waals surface area contributed by atoms with Gasteiger partial charge in [0, 0.05) is 25.3 Å². The molecule has 1 aliphatic carbocycles. The minimum Gasteiger partial charge on any atom is -0.444 e. The van der Waals surface area contributed by atoms with Crippen molar-refractivity contribution in [3.8, 4) is 0 Å². The van der Waals surface area contributed by atoms with Gasteiger partial charge in [-0.25, -0.2) is 4.79 Å². The Hall–Kier alpha value is -1.62. The summed E-state index contributed by atoms with van der Waals surface area (Å²) in [5.74, 6) is 0. The van der Waals surface area contributed by atoms with Crippen LogP contribution in [0.15, 0.2) is 18.3 Å². The summed E-state index contributed by atoms with van der Waals surface area (Å²) in [6, 6.07) is 4.49. The molecular formula is C18H29N3O2. The molecule has 1 heterocycles. The Bertz CT molecular complexity index is 504. The van der Waals surface area contributed by atoms with E-state index in [0.717, 1.165) is 44.6 Å². The molecule has 0 atom stereocenters. The van der Waals surface area contributed by atoms with Crippen molar-refractivity contribution in [1.29, 1.82) is 0 Å². The largest absolute Gasteiger partial charge is 0.444 e. The van der Waals surface area contributed by atoms with E-state index in [2.05, 4.69) is 16.4 Å². The number of rotatable bonds is 7. The molecule has 1 N–H and O–H groups in total. The van der Waals surface area contributed by atoms with E-state index in [9.17, 15) is 4.79 Å². The van der Waals surface area contributed by atoms with Gasteiger partial charge < -0.3 is 15.0 Å². The standard InChI is InChI=1S/C18H29N3O2/c1-14-6-7-15(20-12-14)13-19-10-5-11-21(16-8-9-16)17(22)23-18(2,3)4/h6-7,12,16,19H,5,8-11,13H2,1-4H3. The monoisotopic (exact) mass is 319 g/mol. The minimum absolute atomic E-state index is 0.180. The maximum atomic E-state index is 12.2. The third kappa shape index (κ3) is 6.57. The number of nitrogens with zero attached hydrogens (tertiary/aromatic N) is 2. The molecule has 1 aromatic heterocycles. The smallest absolute Gasteiger partial charge is 0.410 e. The average molecular weight is 319 g/mol. The van der Waals surface area contributed by atoms with Crippen LogP contribution in [0.4, 0.5) is 4.79 Å². The second-order valence-corrected chi connectivity index (χ2v) is 7.26. The van der Waals surface area contributed by atoms with Crippen LogP contribution in [0.3, 0.4) is 0 Å². The molecule has 23 heavy (non-hydrogen) atoms. The summed E-state index contributed by atoms with van der Waals surface area (Å²) in [5.41, 5.74) is 1.78. The Kier molecular flexibility index (Phi) is 5.99. The molecule has 0 aliphatic heterocycles. The maximum Gasteiger partial charge on any atom is 0.410 e. The second-order valence-electron chi connectivity index (χ2n) is 7.26. The number of carbonyl (C=O) groups is 1. The molecule has 0 saturated heterocycles. The normalized spacial score (nSPS) is 14.6. The minimum atomic E-state index is -0.431. The summed E-state index contributed by atoms with van der Waals surface area (Å²) in [6.07, 6.45) is 4.82. The summed E-state index contributed by atoms with van der Waals surface area (Å²) in [4.78, 5) is 18.5. The first-order valence-electron chi connectivity index (χ1n) is 8.47. The third-order valence-corrected chi connectivity index (χ3v) is 3.65. The van der Waals surface area contributed by atoms with Crippen LogP contribution in [0, 0.1) is 6.92 Å². The molecule has 1 saturated carbocycles. The molecule has 0 spiro atoms. The van der Waals surface area contributed by atoms with Crippen LogP contribution in [0.2, 0.25) is 0 Å². The van der Waals surface area contributed by atoms with E-state index < -0.39 is 5.60 Å². The highest BCUT2D eigenvalue weighted by Gasteiger charge is 2.34. The first-order valence-corrected chi connectivity index (χ1v) is 8.47. The third-order valence-electron chi connectivity index (χ3n) is 3.65. The molecule has 0 radical (unpaired) electrons. The van der Waals surface area contributed by atoms with Gasteiger partial charge in [0.15, 0.2) is 0 Å². The Balaban J connectivity index is 1.68. The van der Waals surface area contributed by atoms with Crippen LogP contribution >= 0.6 is 0 Å². The molecule has 2 rings (SSSR count). The number of pyridine rings is 1. The fourth-order valence-corrected chi connectivity index (χ4v) is 2.32. The van der Waals surface area contributed by atoms with Crippen molar-refractivity contribution in [1.82, 2.24) is 15.2 Å². The van der Waals surface area contributed by atoms with Gasteiger partial charge in [-0.3, -0.25) is 4.98 Å². The predicted octanol–water partition coefficient (Wildman–Crippen LogP) is 3.27. The van der Waals surface area contributed by atoms with Gasteiger partial charge in [0.25, 0.3) is 0 Å². The Morgan fingerprint density at radius 1 is 1.39 bits per heavy atom. The van der Waals surface area contributed by atoms with Gasteiger partial charge in [-0.15, -0.1) is 0 Å². The van der Waals surface area contributed by atoms with Crippen LogP contribution in [0.25, 0.3) is 0 Å². The summed E-state index contributed by atoms with van der Waals surface area (Å²) in [6.45, 7) is 10.1. The van der Waals surface area contributed by atoms with E-state index >= 15 is 0 Å². The topological polar surface area (TPSA) is 54.5 Å². The van der Waals surface area contributed by atoms with Crippen molar-refractivity contribution in [2.24, 2.45) is 0 Å². The van der Waals surface area contributed by atoms with Gasteiger partial charge in [0.2, 0.25) is 0 Å². The van der Waals surface area contributed by atoms with Crippen LogP contribution in [0.1, 0.15) is 51.3 Å². The fraction of sp³-hybridized carbons (Fsp3) is 0.667. The number of carbonyl (C=O) groups excluding carboxylic acids is 1. The number of nitrogens with one attached hydrogen (secondary N) is 1. The van der Waals surface area contributed by atoms with Gasteiger partial charge >= 0.3 is 6.09 Å². The molecular weight excluding hydrogens is 290 g/mol. The fourth-order valence-electron chi connectivity index (χ4n) is 2.32. The molecule has 0 unspecified atom stereocenters. The zero-order valence-corrected chi connectivity index (χ0v) is 14.8. The Morgan fingerprint density at radius 3 is 2.70 bits per heavy atom. The van der Waals surface area contributed by atoms with Crippen molar-refractivity contribution in [2.75, 3.05) is 13.1 Å². The van der Waals surface area contributed by atoms with Gasteiger partial charge in [0.1, 0.15) is 5.60 Å². The predicted molar refractivity (Wildman–Crippen MR) is 91.3 cm³/mol. The first kappa shape index (κ1) is 17.7. The molecule has 1 amide bonds. The second kappa shape index (κ2) is 7.77. The SMILES string of the molecule is Cc1ccc(CNCCCN(C(=O)OC(C)(C)C)C2CC2)nc1. The molecule has 128 valence electrons. The lowest BCUT2D eigenvalue weighted by Gasteiger charge is -2.27. The lowest BCUT2D eigenvalue weighted by Crippen LogP contribution is -2.39. The van der Waals surface area contributed by atoms with Gasteiger partial charge in [-0.1, -0.05) is 6.07 Å². The first-order chi connectivity index (χ1) is 10.8. The van der Waals surface area contributed by atoms with Crippen LogP contribution in [-0.2, 0) is 11.3 Å². The van der Waals surface area contributed by atoms with Crippen molar-refractivity contribution in [2.45, 2.75) is 65.1 Å². The van der Waals surface area contributed by atoms with E-state index in [1.54, 1.807) is 0 Å². The molecule has 1 fully saturated rings. The van der Waals surface area contributed by atoms with E-state index in [1.165, 1.54) is 5.56 Å². The van der Waals surface area contributed by atoms with Gasteiger partial charge in [-0.05, 0) is 65.1 Å². The lowest BCUT2D eigenvalue weighted by molar-refractivity contribution is 0.0232. The van der Waals surface area contributed by atoms with Crippen LogP contribution in [0.5, 0.6) is 0 Å². The summed E-state index contributed by atoms with van der Waals surface area (Å²) >= 11 is 0. The van der Waals surface area contributed by atoms with Crippen molar-refractivity contribution in [3.63, 3.8) is 0 Å². The summed E-state index contributed by atoms with van der Waals surface area (Å²) < 4.78 is 5.50. The number of ether oxygens (including phenoxy) is 1. The summed E-state index contributed by atoms with van der Waals surface area (Å²) in [7, 11) is 0. The highest BCUT2D eigenvalue weighted by molar-refractivity contribution is 5.69. The van der Waals surface area contributed by atoms with E-state index in [1.807, 2.05) is 44.9 Å². The van der Waals surface area contributed by atoms with Crippen molar-refractivity contribution < 1.29 is 9.53 Å². The number of aryl methyl sites for hydroxylation is 1. The van der Waals surface area contributed by atoms with E-state index in [-0.39, 0.29) is 6.09 Å². The lowest BCUT2D eigenvalue weighted by atomic mass is 10.2. The van der Waals surface area contributed by atoms with E-state index in [4.69, 9.17) is 4.74 Å². The van der Waals surface area contributed by atoms with Crippen LogP contribution < -0.4 is 5.32 Å². The molecule has 0 aromatic carbocycles. The van der Waals surface area contributed by atoms with Crippen molar-refractivity contribution >= 4 is 6.09 Å². The highest BCUT2D eigenvalue weighted by Crippen LogP contribution is 2.28. The Morgan fingerprint density at radius 2 is 2.13 bits per heavy atom. The van der Waals surface area contributed by atoms with Gasteiger partial charge in [-0.2, -0.15) is 0 Å². The maximum absolute atomic E-state index is 12.2. The van der Waals surface area contributed by atoms with Crippen LogP contribution in [-0.4, -0.2) is 40.7 Å².